The van der Waals surface area contributed by atoms with Crippen LogP contribution in [-0.4, -0.2) is 68.8 Å². The Balaban J connectivity index is 1.30. The van der Waals surface area contributed by atoms with Crippen molar-refractivity contribution in [3.05, 3.63) is 65.7 Å². The third kappa shape index (κ3) is 5.24. The quantitative estimate of drug-likeness (QED) is 0.710. The van der Waals surface area contributed by atoms with E-state index in [1.54, 1.807) is 7.11 Å². The minimum Gasteiger partial charge on any atom is -0.495 e. The number of para-hydroxylation sites is 2. The van der Waals surface area contributed by atoms with Gasteiger partial charge in [0.25, 0.3) is 0 Å². The summed E-state index contributed by atoms with van der Waals surface area (Å²) in [4.78, 5) is 7.84. The molecule has 4 heteroatoms. The van der Waals surface area contributed by atoms with Crippen molar-refractivity contribution >= 4 is 11.8 Å². The van der Waals surface area contributed by atoms with Crippen molar-refractivity contribution in [2.24, 2.45) is 0 Å². The van der Waals surface area contributed by atoms with E-state index >= 15 is 0 Å². The van der Waals surface area contributed by atoms with Crippen LogP contribution in [0.2, 0.25) is 0 Å². The van der Waals surface area contributed by atoms with Gasteiger partial charge in [-0.25, -0.2) is 0 Å². The van der Waals surface area contributed by atoms with Gasteiger partial charge in [-0.3, -0.25) is 9.80 Å². The van der Waals surface area contributed by atoms with Gasteiger partial charge < -0.3 is 9.64 Å². The Hall–Kier alpha value is -2.30. The predicted molar refractivity (Wildman–Crippen MR) is 126 cm³/mol. The zero-order valence-electron chi connectivity index (χ0n) is 18.5. The highest BCUT2D eigenvalue weighted by atomic mass is 16.5. The number of hydrogen-bond acceptors (Lipinski definition) is 4. The zero-order chi connectivity index (χ0) is 20.8. The summed E-state index contributed by atoms with van der Waals surface area (Å²) in [5, 5.41) is 0. The molecule has 4 rings (SSSR count). The van der Waals surface area contributed by atoms with E-state index in [0.29, 0.717) is 6.04 Å². The van der Waals surface area contributed by atoms with E-state index < -0.39 is 0 Å². The molecule has 0 saturated carbocycles. The number of piperidine rings is 1. The zero-order valence-corrected chi connectivity index (χ0v) is 18.5. The lowest BCUT2D eigenvalue weighted by Gasteiger charge is -2.44. The van der Waals surface area contributed by atoms with Crippen LogP contribution in [0.1, 0.15) is 25.3 Å². The Bertz CT molecular complexity index is 827. The highest BCUT2D eigenvalue weighted by Gasteiger charge is 2.28. The second kappa shape index (κ2) is 10.1. The lowest BCUT2D eigenvalue weighted by Crippen LogP contribution is -2.55. The molecule has 2 aromatic rings. The fourth-order valence-electron chi connectivity index (χ4n) is 4.92. The van der Waals surface area contributed by atoms with Gasteiger partial charge in [0.1, 0.15) is 5.75 Å². The van der Waals surface area contributed by atoms with Crippen LogP contribution >= 0.6 is 0 Å². The largest absolute Gasteiger partial charge is 0.495 e. The average Bonchev–Trinajstić information content (AvgIpc) is 2.80. The van der Waals surface area contributed by atoms with Crippen LogP contribution in [0.15, 0.2) is 60.2 Å². The second-order valence-corrected chi connectivity index (χ2v) is 8.63. The average molecular weight is 406 g/mol. The fourth-order valence-corrected chi connectivity index (χ4v) is 4.92. The van der Waals surface area contributed by atoms with E-state index in [1.807, 2.05) is 6.07 Å². The van der Waals surface area contributed by atoms with Crippen LogP contribution in [0.5, 0.6) is 5.75 Å². The van der Waals surface area contributed by atoms with E-state index in [0.717, 1.165) is 38.5 Å². The molecule has 2 heterocycles. The molecule has 2 aliphatic heterocycles. The lowest BCUT2D eigenvalue weighted by molar-refractivity contribution is 0.0978. The molecule has 0 amide bonds. The molecule has 0 aliphatic carbocycles. The summed E-state index contributed by atoms with van der Waals surface area (Å²) in [6.07, 6.45) is 4.96. The highest BCUT2D eigenvalue weighted by Crippen LogP contribution is 2.29. The first-order valence-corrected chi connectivity index (χ1v) is 11.3. The summed E-state index contributed by atoms with van der Waals surface area (Å²) in [7, 11) is 1.76. The molecule has 0 spiro atoms. The van der Waals surface area contributed by atoms with Crippen LogP contribution in [0.25, 0.3) is 6.08 Å². The van der Waals surface area contributed by atoms with Crippen LogP contribution in [0, 0.1) is 0 Å². The number of rotatable bonds is 6. The number of likely N-dealkylation sites (tertiary alicyclic amines) is 1. The molecule has 2 aromatic carbocycles. The summed E-state index contributed by atoms with van der Waals surface area (Å²) in [5.74, 6) is 0.982. The standard InChI is InChI=1S/C26H35N3O/c1-22(19-23-9-4-3-5-10-23)20-27-14-8-11-24(21-27)28-15-17-29(18-16-28)25-12-6-7-13-26(25)30-2/h3-7,9-10,12-13,19,24H,8,11,14-18,20-21H2,1-2H3/b22-19+/t24-/m1/s1. The number of nitrogens with zero attached hydrogens (tertiary/aromatic N) is 3. The third-order valence-corrected chi connectivity index (χ3v) is 6.42. The number of ether oxygens (including phenoxy) is 1. The summed E-state index contributed by atoms with van der Waals surface area (Å²) < 4.78 is 5.57. The van der Waals surface area contributed by atoms with Gasteiger partial charge >= 0.3 is 0 Å². The lowest BCUT2D eigenvalue weighted by atomic mass is 10.0. The molecule has 0 unspecified atom stereocenters. The topological polar surface area (TPSA) is 19.0 Å². The summed E-state index contributed by atoms with van der Waals surface area (Å²) in [5.41, 5.74) is 3.98. The van der Waals surface area contributed by atoms with Crippen LogP contribution in [0.4, 0.5) is 5.69 Å². The normalized spacial score (nSPS) is 21.6. The molecule has 1 atom stereocenters. The van der Waals surface area contributed by atoms with E-state index in [9.17, 15) is 0 Å². The number of piperazine rings is 1. The number of anilines is 1. The van der Waals surface area contributed by atoms with Crippen molar-refractivity contribution in [2.45, 2.75) is 25.8 Å². The predicted octanol–water partition coefficient (Wildman–Crippen LogP) is 4.39. The van der Waals surface area contributed by atoms with Crippen LogP contribution in [0.3, 0.4) is 0 Å². The molecule has 0 aromatic heterocycles. The molecule has 0 bridgehead atoms. The molecule has 0 radical (unpaired) electrons. The Morgan fingerprint density at radius 3 is 2.47 bits per heavy atom. The summed E-state index contributed by atoms with van der Waals surface area (Å²) >= 11 is 0. The van der Waals surface area contributed by atoms with Crippen molar-refractivity contribution in [3.63, 3.8) is 0 Å². The molecule has 2 saturated heterocycles. The molecular formula is C26H35N3O. The first-order chi connectivity index (χ1) is 14.7. The smallest absolute Gasteiger partial charge is 0.142 e. The maximum atomic E-state index is 5.57. The molecule has 0 N–H and O–H groups in total. The van der Waals surface area contributed by atoms with Crippen LogP contribution < -0.4 is 9.64 Å². The molecule has 2 fully saturated rings. The van der Waals surface area contributed by atoms with Crippen molar-refractivity contribution < 1.29 is 4.74 Å². The summed E-state index contributed by atoms with van der Waals surface area (Å²) in [6, 6.07) is 19.7. The highest BCUT2D eigenvalue weighted by molar-refractivity contribution is 5.58. The van der Waals surface area contributed by atoms with Gasteiger partial charge in [0.05, 0.1) is 12.8 Å². The maximum absolute atomic E-state index is 5.57. The molecule has 2 aliphatic rings. The van der Waals surface area contributed by atoms with Gasteiger partial charge in [-0.05, 0) is 44.0 Å². The molecule has 4 nitrogen and oxygen atoms in total. The molecule has 160 valence electrons. The Morgan fingerprint density at radius 1 is 0.967 bits per heavy atom. The van der Waals surface area contributed by atoms with Gasteiger partial charge in [0, 0.05) is 45.3 Å². The SMILES string of the molecule is COc1ccccc1N1CCN([C@@H]2CCCN(C/C(C)=C/c3ccccc3)C2)CC1. The first-order valence-electron chi connectivity index (χ1n) is 11.3. The van der Waals surface area contributed by atoms with E-state index in [4.69, 9.17) is 4.74 Å². The number of methoxy groups -OCH3 is 1. The fraction of sp³-hybridized carbons (Fsp3) is 0.462. The van der Waals surface area contributed by atoms with Crippen molar-refractivity contribution in [2.75, 3.05) is 57.8 Å². The van der Waals surface area contributed by atoms with Gasteiger partial charge in [0.2, 0.25) is 0 Å². The van der Waals surface area contributed by atoms with E-state index in [2.05, 4.69) is 76.2 Å². The maximum Gasteiger partial charge on any atom is 0.142 e. The first kappa shape index (κ1) is 21.0. The van der Waals surface area contributed by atoms with Gasteiger partial charge in [-0.2, -0.15) is 0 Å². The molecular weight excluding hydrogens is 370 g/mol. The minimum absolute atomic E-state index is 0.683. The van der Waals surface area contributed by atoms with E-state index in [-0.39, 0.29) is 0 Å². The minimum atomic E-state index is 0.683. The Labute approximate surface area is 181 Å². The molecule has 30 heavy (non-hydrogen) atoms. The van der Waals surface area contributed by atoms with E-state index in [1.165, 1.54) is 42.8 Å². The van der Waals surface area contributed by atoms with Crippen LogP contribution in [-0.2, 0) is 0 Å². The van der Waals surface area contributed by atoms with Gasteiger partial charge in [-0.1, -0.05) is 54.1 Å². The monoisotopic (exact) mass is 405 g/mol. The Morgan fingerprint density at radius 2 is 1.70 bits per heavy atom. The number of hydrogen-bond donors (Lipinski definition) is 0. The second-order valence-electron chi connectivity index (χ2n) is 8.63. The Kier molecular flexibility index (Phi) is 7.08. The van der Waals surface area contributed by atoms with Crippen molar-refractivity contribution in [1.29, 1.82) is 0 Å². The van der Waals surface area contributed by atoms with Gasteiger partial charge in [0.15, 0.2) is 0 Å². The number of benzene rings is 2. The van der Waals surface area contributed by atoms with Gasteiger partial charge in [-0.15, -0.1) is 0 Å². The van der Waals surface area contributed by atoms with Crippen molar-refractivity contribution in [1.82, 2.24) is 9.80 Å². The third-order valence-electron chi connectivity index (χ3n) is 6.42. The van der Waals surface area contributed by atoms with Crippen molar-refractivity contribution in [3.8, 4) is 5.75 Å². The summed E-state index contributed by atoms with van der Waals surface area (Å²) in [6.45, 7) is 10.2.